The summed E-state index contributed by atoms with van der Waals surface area (Å²) < 4.78 is 5.04. The van der Waals surface area contributed by atoms with E-state index in [1.807, 2.05) is 5.01 Å². The second-order valence-corrected chi connectivity index (χ2v) is 4.00. The molecule has 0 radical (unpaired) electrons. The van der Waals surface area contributed by atoms with Gasteiger partial charge in [0.1, 0.15) is 5.75 Å². The Labute approximate surface area is 101 Å². The molecule has 0 aromatic heterocycles. The van der Waals surface area contributed by atoms with Crippen molar-refractivity contribution in [1.29, 1.82) is 0 Å². The van der Waals surface area contributed by atoms with Crippen LogP contribution in [0.1, 0.15) is 23.2 Å². The van der Waals surface area contributed by atoms with Gasteiger partial charge >= 0.3 is 0 Å². The molecule has 4 nitrogen and oxygen atoms in total. The van der Waals surface area contributed by atoms with Gasteiger partial charge in [0.15, 0.2) is 0 Å². The van der Waals surface area contributed by atoms with Crippen LogP contribution in [0.3, 0.4) is 0 Å². The summed E-state index contributed by atoms with van der Waals surface area (Å²) in [7, 11) is 1.60. The molecule has 17 heavy (non-hydrogen) atoms. The van der Waals surface area contributed by atoms with E-state index in [-0.39, 0.29) is 5.78 Å². The summed E-state index contributed by atoms with van der Waals surface area (Å²) in [6.07, 6.45) is 3.72. The number of ketones is 1. The molecule has 1 saturated heterocycles. The van der Waals surface area contributed by atoms with E-state index in [4.69, 9.17) is 4.74 Å². The largest absolute Gasteiger partial charge is 0.497 e. The number of hydrogen-bond acceptors (Lipinski definition) is 4. The lowest BCUT2D eigenvalue weighted by atomic mass is 10.1. The van der Waals surface area contributed by atoms with E-state index in [0.717, 1.165) is 31.7 Å². The van der Waals surface area contributed by atoms with E-state index >= 15 is 0 Å². The molecular formula is C13H16N2O2. The average Bonchev–Trinajstić information content (AvgIpc) is 2.89. The van der Waals surface area contributed by atoms with Crippen LogP contribution >= 0.6 is 0 Å². The molecule has 1 aromatic carbocycles. The first kappa shape index (κ1) is 11.6. The van der Waals surface area contributed by atoms with Crippen LogP contribution in [0.2, 0.25) is 0 Å². The predicted molar refractivity (Wildman–Crippen MR) is 66.6 cm³/mol. The van der Waals surface area contributed by atoms with E-state index in [1.165, 1.54) is 6.21 Å². The third kappa shape index (κ3) is 3.06. The number of rotatable bonds is 4. The molecule has 0 aliphatic carbocycles. The zero-order valence-corrected chi connectivity index (χ0v) is 9.93. The molecule has 1 aliphatic rings. The van der Waals surface area contributed by atoms with Gasteiger partial charge in [-0.25, -0.2) is 0 Å². The van der Waals surface area contributed by atoms with Gasteiger partial charge in [-0.3, -0.25) is 9.80 Å². The molecule has 1 aliphatic heterocycles. The van der Waals surface area contributed by atoms with Crippen molar-refractivity contribution < 1.29 is 9.53 Å². The summed E-state index contributed by atoms with van der Waals surface area (Å²) in [5.74, 6) is 0.678. The van der Waals surface area contributed by atoms with Crippen LogP contribution in [0.25, 0.3) is 0 Å². The first-order chi connectivity index (χ1) is 8.29. The van der Waals surface area contributed by atoms with Crippen LogP contribution in [-0.4, -0.2) is 37.2 Å². The second kappa shape index (κ2) is 5.48. The zero-order chi connectivity index (χ0) is 12.1. The number of methoxy groups -OCH3 is 1. The van der Waals surface area contributed by atoms with Crippen LogP contribution in [0.4, 0.5) is 0 Å². The van der Waals surface area contributed by atoms with Crippen LogP contribution in [0, 0.1) is 0 Å². The highest BCUT2D eigenvalue weighted by Crippen LogP contribution is 2.11. The molecule has 1 fully saturated rings. The molecule has 0 unspecified atom stereocenters. The summed E-state index contributed by atoms with van der Waals surface area (Å²) in [6, 6.07) is 7.04. The van der Waals surface area contributed by atoms with Crippen molar-refractivity contribution in [3.8, 4) is 5.75 Å². The van der Waals surface area contributed by atoms with Crippen molar-refractivity contribution >= 4 is 12.0 Å². The van der Waals surface area contributed by atoms with E-state index in [0.29, 0.717) is 5.56 Å². The third-order valence-electron chi connectivity index (χ3n) is 2.80. The fraction of sp³-hybridized carbons (Fsp3) is 0.385. The Hall–Kier alpha value is -1.84. The van der Waals surface area contributed by atoms with Gasteiger partial charge in [0.2, 0.25) is 5.78 Å². The molecule has 1 aromatic rings. The predicted octanol–water partition coefficient (Wildman–Crippen LogP) is 1.96. The second-order valence-electron chi connectivity index (χ2n) is 4.00. The molecule has 90 valence electrons. The summed E-state index contributed by atoms with van der Waals surface area (Å²) in [5, 5.41) is 6.10. The van der Waals surface area contributed by atoms with Crippen LogP contribution in [-0.2, 0) is 0 Å². The van der Waals surface area contributed by atoms with Gasteiger partial charge in [-0.05, 0) is 37.1 Å². The van der Waals surface area contributed by atoms with Crippen molar-refractivity contribution in [2.75, 3.05) is 20.2 Å². The summed E-state index contributed by atoms with van der Waals surface area (Å²) in [6.45, 7) is 1.90. The van der Waals surface area contributed by atoms with Gasteiger partial charge in [-0.2, -0.15) is 5.10 Å². The smallest absolute Gasteiger partial charge is 0.205 e. The van der Waals surface area contributed by atoms with E-state index in [1.54, 1.807) is 31.4 Å². The minimum atomic E-state index is -0.0699. The van der Waals surface area contributed by atoms with E-state index in [9.17, 15) is 4.79 Å². The minimum absolute atomic E-state index is 0.0699. The van der Waals surface area contributed by atoms with Gasteiger partial charge in [0.25, 0.3) is 0 Å². The maximum Gasteiger partial charge on any atom is 0.205 e. The summed E-state index contributed by atoms with van der Waals surface area (Å²) in [4.78, 5) is 11.8. The number of hydrogen-bond donors (Lipinski definition) is 0. The molecule has 0 atom stereocenters. The highest BCUT2D eigenvalue weighted by molar-refractivity contribution is 6.35. The van der Waals surface area contributed by atoms with Crippen molar-refractivity contribution in [2.24, 2.45) is 5.10 Å². The lowest BCUT2D eigenvalue weighted by Gasteiger charge is -2.08. The number of carbonyl (C=O) groups is 1. The zero-order valence-electron chi connectivity index (χ0n) is 9.93. The lowest BCUT2D eigenvalue weighted by Crippen LogP contribution is -2.13. The molecule has 0 spiro atoms. The monoisotopic (exact) mass is 232 g/mol. The Kier molecular flexibility index (Phi) is 3.75. The Morgan fingerprint density at radius 3 is 2.53 bits per heavy atom. The van der Waals surface area contributed by atoms with Crippen LogP contribution in [0.5, 0.6) is 5.75 Å². The van der Waals surface area contributed by atoms with Gasteiger partial charge in [0.05, 0.1) is 13.3 Å². The Bertz CT molecular complexity index is 406. The minimum Gasteiger partial charge on any atom is -0.497 e. The van der Waals surface area contributed by atoms with Gasteiger partial charge in [-0.15, -0.1) is 0 Å². The molecule has 0 saturated carbocycles. The van der Waals surface area contributed by atoms with Crippen molar-refractivity contribution in [1.82, 2.24) is 5.01 Å². The quantitative estimate of drug-likeness (QED) is 0.588. The number of benzene rings is 1. The number of Topliss-reactive ketones (excluding diaryl/α,β-unsaturated/α-hetero) is 1. The Morgan fingerprint density at radius 1 is 1.29 bits per heavy atom. The maximum absolute atomic E-state index is 11.8. The summed E-state index contributed by atoms with van der Waals surface area (Å²) >= 11 is 0. The van der Waals surface area contributed by atoms with Crippen LogP contribution in [0.15, 0.2) is 29.4 Å². The van der Waals surface area contributed by atoms with E-state index in [2.05, 4.69) is 5.10 Å². The first-order valence-corrected chi connectivity index (χ1v) is 5.77. The van der Waals surface area contributed by atoms with Crippen molar-refractivity contribution in [3.63, 3.8) is 0 Å². The molecular weight excluding hydrogens is 216 g/mol. The molecule has 0 N–H and O–H groups in total. The maximum atomic E-state index is 11.8. The Balaban J connectivity index is 1.98. The lowest BCUT2D eigenvalue weighted by molar-refractivity contribution is 0.106. The Morgan fingerprint density at radius 2 is 1.94 bits per heavy atom. The topological polar surface area (TPSA) is 41.9 Å². The number of ether oxygens (including phenoxy) is 1. The first-order valence-electron chi connectivity index (χ1n) is 5.77. The molecule has 1 heterocycles. The van der Waals surface area contributed by atoms with Crippen molar-refractivity contribution in [2.45, 2.75) is 12.8 Å². The molecule has 4 heteroatoms. The van der Waals surface area contributed by atoms with Gasteiger partial charge in [-0.1, -0.05) is 0 Å². The number of hydrazone groups is 1. The fourth-order valence-electron chi connectivity index (χ4n) is 1.78. The molecule has 2 rings (SSSR count). The summed E-state index contributed by atoms with van der Waals surface area (Å²) in [5.41, 5.74) is 0.633. The normalized spacial score (nSPS) is 15.5. The standard InChI is InChI=1S/C13H16N2O2/c1-17-12-6-4-11(5-7-12)13(16)10-14-15-8-2-3-9-15/h4-7,10H,2-3,8-9H2,1H3/b14-10-. The van der Waals surface area contributed by atoms with Crippen LogP contribution < -0.4 is 4.74 Å². The SMILES string of the molecule is COc1ccc(C(=O)/C=N\N2CCCC2)cc1. The third-order valence-corrected chi connectivity index (χ3v) is 2.80. The molecule has 0 amide bonds. The molecule has 0 bridgehead atoms. The number of carbonyl (C=O) groups excluding carboxylic acids is 1. The van der Waals surface area contributed by atoms with E-state index < -0.39 is 0 Å². The highest BCUT2D eigenvalue weighted by atomic mass is 16.5. The fourth-order valence-corrected chi connectivity index (χ4v) is 1.78. The van der Waals surface area contributed by atoms with Gasteiger partial charge < -0.3 is 4.74 Å². The number of nitrogens with zero attached hydrogens (tertiary/aromatic N) is 2. The van der Waals surface area contributed by atoms with Gasteiger partial charge in [0, 0.05) is 18.7 Å². The average molecular weight is 232 g/mol. The highest BCUT2D eigenvalue weighted by Gasteiger charge is 2.09. The van der Waals surface area contributed by atoms with Crippen molar-refractivity contribution in [3.05, 3.63) is 29.8 Å².